The zero-order chi connectivity index (χ0) is 21.8. The predicted octanol–water partition coefficient (Wildman–Crippen LogP) is 1.84. The molecule has 31 heavy (non-hydrogen) atoms. The lowest BCUT2D eigenvalue weighted by Crippen LogP contribution is -2.39. The highest BCUT2D eigenvalue weighted by Gasteiger charge is 2.27. The number of nitrogens with one attached hydrogen (secondary N) is 2. The summed E-state index contributed by atoms with van der Waals surface area (Å²) >= 11 is 0. The van der Waals surface area contributed by atoms with Crippen LogP contribution in [0.5, 0.6) is 0 Å². The molecule has 1 saturated carbocycles. The van der Waals surface area contributed by atoms with E-state index in [1.54, 1.807) is 0 Å². The highest BCUT2D eigenvalue weighted by Crippen LogP contribution is 2.28. The summed E-state index contributed by atoms with van der Waals surface area (Å²) in [6.07, 6.45) is 6.06. The van der Waals surface area contributed by atoms with E-state index in [1.807, 2.05) is 25.1 Å². The SMILES string of the molecule is Cc1ccc2nc(C(=O)NCC3CCCO3)nc(NC3CCCCC3N=C(N)N)c2c1. The van der Waals surface area contributed by atoms with Gasteiger partial charge in [0.05, 0.1) is 23.7 Å². The minimum absolute atomic E-state index is 0.0228. The third-order valence-corrected chi connectivity index (χ3v) is 5.94. The Hall–Kier alpha value is -2.94. The molecule has 9 nitrogen and oxygen atoms in total. The fourth-order valence-electron chi connectivity index (χ4n) is 4.35. The van der Waals surface area contributed by atoms with Crippen molar-refractivity contribution in [1.82, 2.24) is 15.3 Å². The molecule has 0 spiro atoms. The van der Waals surface area contributed by atoms with Crippen LogP contribution in [0, 0.1) is 6.92 Å². The number of aryl methyl sites for hydroxylation is 1. The van der Waals surface area contributed by atoms with Crippen molar-refractivity contribution in [2.75, 3.05) is 18.5 Å². The molecule has 2 aliphatic rings. The topological polar surface area (TPSA) is 141 Å². The van der Waals surface area contributed by atoms with Crippen LogP contribution in [0.1, 0.15) is 54.7 Å². The van der Waals surface area contributed by atoms with Gasteiger partial charge in [-0.1, -0.05) is 24.5 Å². The number of hydrogen-bond donors (Lipinski definition) is 4. The van der Waals surface area contributed by atoms with Crippen molar-refractivity contribution in [2.45, 2.75) is 63.6 Å². The van der Waals surface area contributed by atoms with E-state index in [2.05, 4.69) is 25.6 Å². The number of carbonyl (C=O) groups is 1. The summed E-state index contributed by atoms with van der Waals surface area (Å²) in [4.78, 5) is 26.3. The molecule has 166 valence electrons. The Morgan fingerprint density at radius 2 is 2.03 bits per heavy atom. The van der Waals surface area contributed by atoms with Gasteiger partial charge in [0.15, 0.2) is 5.96 Å². The van der Waals surface area contributed by atoms with Gasteiger partial charge in [-0.25, -0.2) is 15.0 Å². The Labute approximate surface area is 182 Å². The van der Waals surface area contributed by atoms with Crippen LogP contribution in [0.3, 0.4) is 0 Å². The van der Waals surface area contributed by atoms with E-state index in [4.69, 9.17) is 16.2 Å². The number of hydrogen-bond acceptors (Lipinski definition) is 6. The molecular formula is C22H31N7O2. The van der Waals surface area contributed by atoms with Crippen molar-refractivity contribution in [3.63, 3.8) is 0 Å². The smallest absolute Gasteiger partial charge is 0.289 e. The molecule has 1 aromatic heterocycles. The summed E-state index contributed by atoms with van der Waals surface area (Å²) in [5.74, 6) is 0.575. The number of aliphatic imine (C=N–C) groups is 1. The number of benzene rings is 1. The molecule has 2 fully saturated rings. The molecule has 1 aliphatic carbocycles. The second-order valence-electron chi connectivity index (χ2n) is 8.42. The Bertz CT molecular complexity index is 968. The Balaban J connectivity index is 1.61. The van der Waals surface area contributed by atoms with E-state index < -0.39 is 0 Å². The molecule has 6 N–H and O–H groups in total. The minimum Gasteiger partial charge on any atom is -0.376 e. The van der Waals surface area contributed by atoms with Gasteiger partial charge in [0.2, 0.25) is 5.82 Å². The summed E-state index contributed by atoms with van der Waals surface area (Å²) < 4.78 is 5.59. The van der Waals surface area contributed by atoms with E-state index in [0.717, 1.165) is 61.6 Å². The van der Waals surface area contributed by atoms with E-state index >= 15 is 0 Å². The van der Waals surface area contributed by atoms with E-state index in [9.17, 15) is 4.79 Å². The standard InChI is InChI=1S/C22H31N7O2/c1-13-8-9-16-15(11-13)19(27-17-6-2-3-7-18(17)28-22(23)24)29-20(26-16)21(30)25-12-14-5-4-10-31-14/h8-9,11,14,17-18H,2-7,10,12H2,1H3,(H,25,30)(H4,23,24,28)(H,26,27,29). The first kappa shape index (κ1) is 21.3. The summed E-state index contributed by atoms with van der Waals surface area (Å²) in [5, 5.41) is 7.32. The van der Waals surface area contributed by atoms with Crippen molar-refractivity contribution in [1.29, 1.82) is 0 Å². The van der Waals surface area contributed by atoms with E-state index in [-0.39, 0.29) is 35.9 Å². The number of nitrogens with zero attached hydrogens (tertiary/aromatic N) is 3. The molecule has 3 unspecified atom stereocenters. The molecule has 2 aromatic rings. The van der Waals surface area contributed by atoms with Crippen LogP contribution < -0.4 is 22.1 Å². The molecular weight excluding hydrogens is 394 g/mol. The van der Waals surface area contributed by atoms with Crippen molar-refractivity contribution < 1.29 is 9.53 Å². The van der Waals surface area contributed by atoms with Crippen molar-refractivity contribution in [3.8, 4) is 0 Å². The van der Waals surface area contributed by atoms with Gasteiger partial charge < -0.3 is 26.8 Å². The average molecular weight is 426 g/mol. The zero-order valence-corrected chi connectivity index (χ0v) is 17.9. The lowest BCUT2D eigenvalue weighted by Gasteiger charge is -2.30. The fraction of sp³-hybridized carbons (Fsp3) is 0.545. The Morgan fingerprint density at radius 3 is 2.81 bits per heavy atom. The second kappa shape index (κ2) is 9.47. The van der Waals surface area contributed by atoms with Crippen LogP contribution in [0.4, 0.5) is 5.82 Å². The van der Waals surface area contributed by atoms with E-state index in [0.29, 0.717) is 12.4 Å². The van der Waals surface area contributed by atoms with Gasteiger partial charge in [-0.15, -0.1) is 0 Å². The molecule has 1 aromatic carbocycles. The molecule has 9 heteroatoms. The normalized spacial score (nSPS) is 23.5. The largest absolute Gasteiger partial charge is 0.376 e. The van der Waals surface area contributed by atoms with Gasteiger partial charge in [0, 0.05) is 18.5 Å². The molecule has 3 atom stereocenters. The Morgan fingerprint density at radius 1 is 1.19 bits per heavy atom. The number of ether oxygens (including phenoxy) is 1. The maximum Gasteiger partial charge on any atom is 0.289 e. The molecule has 1 aliphatic heterocycles. The molecule has 1 amide bonds. The minimum atomic E-state index is -0.301. The van der Waals surface area contributed by atoms with Crippen molar-refractivity contribution in [3.05, 3.63) is 29.6 Å². The van der Waals surface area contributed by atoms with E-state index in [1.165, 1.54) is 0 Å². The molecule has 0 bridgehead atoms. The molecule has 0 radical (unpaired) electrons. The first-order chi connectivity index (χ1) is 15.0. The number of guanidine groups is 1. The zero-order valence-electron chi connectivity index (χ0n) is 17.9. The van der Waals surface area contributed by atoms with Crippen LogP contribution in [-0.4, -0.2) is 53.2 Å². The Kier molecular flexibility index (Phi) is 6.50. The second-order valence-corrected chi connectivity index (χ2v) is 8.42. The molecule has 1 saturated heterocycles. The highest BCUT2D eigenvalue weighted by atomic mass is 16.5. The first-order valence-corrected chi connectivity index (χ1v) is 11.0. The number of amides is 1. The van der Waals surface area contributed by atoms with Crippen molar-refractivity contribution in [2.24, 2.45) is 16.5 Å². The first-order valence-electron chi connectivity index (χ1n) is 11.0. The van der Waals surface area contributed by atoms with Crippen molar-refractivity contribution >= 4 is 28.6 Å². The summed E-state index contributed by atoms with van der Waals surface area (Å²) in [6.45, 7) is 3.24. The highest BCUT2D eigenvalue weighted by molar-refractivity contribution is 5.96. The average Bonchev–Trinajstić information content (AvgIpc) is 3.27. The third-order valence-electron chi connectivity index (χ3n) is 5.94. The summed E-state index contributed by atoms with van der Waals surface area (Å²) in [7, 11) is 0. The molecule has 2 heterocycles. The maximum absolute atomic E-state index is 12.8. The van der Waals surface area contributed by atoms with Crippen LogP contribution in [-0.2, 0) is 4.74 Å². The number of fused-ring (bicyclic) bond motifs is 1. The maximum atomic E-state index is 12.8. The number of aromatic nitrogens is 2. The van der Waals surface area contributed by atoms with Crippen LogP contribution in [0.25, 0.3) is 10.9 Å². The van der Waals surface area contributed by atoms with Gasteiger partial charge >= 0.3 is 0 Å². The fourth-order valence-corrected chi connectivity index (χ4v) is 4.35. The lowest BCUT2D eigenvalue weighted by atomic mass is 9.90. The van der Waals surface area contributed by atoms with Crippen LogP contribution >= 0.6 is 0 Å². The van der Waals surface area contributed by atoms with Gasteiger partial charge in [-0.3, -0.25) is 4.79 Å². The summed E-state index contributed by atoms with van der Waals surface area (Å²) in [5.41, 5.74) is 13.1. The molecule has 4 rings (SSSR count). The number of rotatable bonds is 6. The lowest BCUT2D eigenvalue weighted by molar-refractivity contribution is 0.0849. The number of carbonyl (C=O) groups excluding carboxylic acids is 1. The van der Waals surface area contributed by atoms with Gasteiger partial charge in [-0.2, -0.15) is 0 Å². The van der Waals surface area contributed by atoms with Gasteiger partial charge in [0.25, 0.3) is 5.91 Å². The van der Waals surface area contributed by atoms with Gasteiger partial charge in [0.1, 0.15) is 5.82 Å². The van der Waals surface area contributed by atoms with Crippen LogP contribution in [0.2, 0.25) is 0 Å². The van der Waals surface area contributed by atoms with Gasteiger partial charge in [-0.05, 0) is 44.7 Å². The summed E-state index contributed by atoms with van der Waals surface area (Å²) in [6, 6.07) is 5.95. The number of nitrogens with two attached hydrogens (primary N) is 2. The number of anilines is 1. The third kappa shape index (κ3) is 5.22. The predicted molar refractivity (Wildman–Crippen MR) is 121 cm³/mol. The monoisotopic (exact) mass is 425 g/mol. The van der Waals surface area contributed by atoms with Crippen LogP contribution in [0.15, 0.2) is 23.2 Å². The quantitative estimate of drug-likeness (QED) is 0.409.